The molecule has 0 amide bonds. The van der Waals surface area contributed by atoms with Crippen LogP contribution in [0, 0.1) is 0 Å². The van der Waals surface area contributed by atoms with Crippen molar-refractivity contribution in [1.29, 1.82) is 0 Å². The van der Waals surface area contributed by atoms with Crippen molar-refractivity contribution in [3.05, 3.63) is 48.3 Å². The molecule has 1 aromatic carbocycles. The van der Waals surface area contributed by atoms with E-state index in [0.717, 1.165) is 31.6 Å². The Kier molecular flexibility index (Phi) is 5.17. The number of benzene rings is 1. The van der Waals surface area contributed by atoms with Crippen LogP contribution in [0.1, 0.15) is 18.5 Å². The summed E-state index contributed by atoms with van der Waals surface area (Å²) in [5, 5.41) is 0. The molecule has 3 rings (SSSR count). The third-order valence-electron chi connectivity index (χ3n) is 4.95. The van der Waals surface area contributed by atoms with Crippen LogP contribution in [-0.4, -0.2) is 48.4 Å². The average molecular weight is 362 g/mol. The summed E-state index contributed by atoms with van der Waals surface area (Å²) in [6.07, 6.45) is 3.63. The van der Waals surface area contributed by atoms with Crippen LogP contribution in [0.4, 0.5) is 5.69 Å². The Morgan fingerprint density at radius 2 is 1.76 bits per heavy atom. The molecule has 2 heterocycles. The molecule has 0 spiro atoms. The Morgan fingerprint density at radius 1 is 1.12 bits per heavy atom. The van der Waals surface area contributed by atoms with Crippen LogP contribution >= 0.6 is 0 Å². The van der Waals surface area contributed by atoms with Gasteiger partial charge in [-0.3, -0.25) is 0 Å². The summed E-state index contributed by atoms with van der Waals surface area (Å²) in [6.45, 7) is 2.20. The van der Waals surface area contributed by atoms with E-state index in [1.165, 1.54) is 0 Å². The first kappa shape index (κ1) is 18.0. The number of likely N-dealkylation sites (tertiary alicyclic amines) is 1. The number of piperidine rings is 1. The molecule has 136 valence electrons. The molecule has 0 atom stereocenters. The molecule has 1 saturated heterocycles. The van der Waals surface area contributed by atoms with Crippen molar-refractivity contribution in [2.45, 2.75) is 30.3 Å². The van der Waals surface area contributed by atoms with E-state index in [1.54, 1.807) is 28.6 Å². The molecule has 1 aliphatic rings. The van der Waals surface area contributed by atoms with Gasteiger partial charge in [-0.25, -0.2) is 8.42 Å². The third-order valence-corrected chi connectivity index (χ3v) is 6.86. The largest absolute Gasteiger partial charge is 0.399 e. The first-order valence-electron chi connectivity index (χ1n) is 8.54. The van der Waals surface area contributed by atoms with Gasteiger partial charge in [0.2, 0.25) is 10.0 Å². The highest BCUT2D eigenvalue weighted by Crippen LogP contribution is 2.26. The van der Waals surface area contributed by atoms with Gasteiger partial charge in [0.05, 0.1) is 11.4 Å². The molecule has 2 aromatic rings. The summed E-state index contributed by atoms with van der Waals surface area (Å²) in [7, 11) is 0.436. The van der Waals surface area contributed by atoms with Crippen LogP contribution in [0.5, 0.6) is 0 Å². The van der Waals surface area contributed by atoms with Crippen LogP contribution in [0.3, 0.4) is 0 Å². The summed E-state index contributed by atoms with van der Waals surface area (Å²) in [4.78, 5) is 2.54. The van der Waals surface area contributed by atoms with Gasteiger partial charge in [-0.15, -0.1) is 0 Å². The maximum absolute atomic E-state index is 13.3. The molecular formula is C18H26N4O2S. The van der Waals surface area contributed by atoms with Crippen molar-refractivity contribution < 1.29 is 8.42 Å². The lowest BCUT2D eigenvalue weighted by atomic mass is 10.1. The second kappa shape index (κ2) is 7.19. The summed E-state index contributed by atoms with van der Waals surface area (Å²) in [6, 6.07) is 10.4. The molecule has 2 N–H and O–H groups in total. The van der Waals surface area contributed by atoms with Gasteiger partial charge in [-0.05, 0) is 69.4 Å². The molecule has 1 aromatic heterocycles. The van der Waals surface area contributed by atoms with Crippen LogP contribution in [0.25, 0.3) is 0 Å². The summed E-state index contributed by atoms with van der Waals surface area (Å²) >= 11 is 0. The maximum atomic E-state index is 13.3. The molecule has 1 fully saturated rings. The molecule has 0 unspecified atom stereocenters. The highest BCUT2D eigenvalue weighted by Gasteiger charge is 2.33. The number of rotatable bonds is 5. The number of anilines is 1. The normalized spacial score (nSPS) is 17.2. The van der Waals surface area contributed by atoms with Crippen molar-refractivity contribution >= 4 is 15.7 Å². The van der Waals surface area contributed by atoms with Gasteiger partial charge in [-0.1, -0.05) is 0 Å². The Labute approximate surface area is 149 Å². The third kappa shape index (κ3) is 3.89. The molecule has 25 heavy (non-hydrogen) atoms. The number of sulfonamides is 1. The predicted molar refractivity (Wildman–Crippen MR) is 99.5 cm³/mol. The molecule has 0 radical (unpaired) electrons. The van der Waals surface area contributed by atoms with E-state index in [0.29, 0.717) is 17.1 Å². The zero-order valence-electron chi connectivity index (χ0n) is 14.8. The fourth-order valence-corrected chi connectivity index (χ4v) is 4.95. The molecule has 0 bridgehead atoms. The first-order valence-corrected chi connectivity index (χ1v) is 9.98. The predicted octanol–water partition coefficient (Wildman–Crippen LogP) is 1.89. The van der Waals surface area contributed by atoms with Gasteiger partial charge in [0.15, 0.2) is 0 Å². The second-order valence-corrected chi connectivity index (χ2v) is 8.65. The Hall–Kier alpha value is -1.83. The van der Waals surface area contributed by atoms with Crippen LogP contribution in [0.2, 0.25) is 0 Å². The number of nitrogen functional groups attached to an aromatic ring is 1. The highest BCUT2D eigenvalue weighted by molar-refractivity contribution is 7.89. The van der Waals surface area contributed by atoms with Gasteiger partial charge in [0.1, 0.15) is 0 Å². The van der Waals surface area contributed by atoms with E-state index >= 15 is 0 Å². The number of aryl methyl sites for hydroxylation is 1. The van der Waals surface area contributed by atoms with E-state index in [2.05, 4.69) is 11.9 Å². The standard InChI is InChI=1S/C18H26N4O2S/c1-20-12-9-16(10-13-20)22(14-17-4-3-11-21(17)2)25(23,24)18-7-5-15(19)6-8-18/h3-8,11,16H,9-10,12-14,19H2,1-2H3. The number of hydrogen-bond acceptors (Lipinski definition) is 4. The van der Waals surface area contributed by atoms with E-state index in [9.17, 15) is 8.42 Å². The molecule has 6 nitrogen and oxygen atoms in total. The number of aromatic nitrogens is 1. The summed E-state index contributed by atoms with van der Waals surface area (Å²) in [5.41, 5.74) is 7.26. The van der Waals surface area contributed by atoms with E-state index in [4.69, 9.17) is 5.73 Å². The van der Waals surface area contributed by atoms with Crippen LogP contribution < -0.4 is 5.73 Å². The van der Waals surface area contributed by atoms with Gasteiger partial charge in [0, 0.05) is 30.7 Å². The number of nitrogens with zero attached hydrogens (tertiary/aromatic N) is 3. The van der Waals surface area contributed by atoms with E-state index < -0.39 is 10.0 Å². The van der Waals surface area contributed by atoms with Crippen LogP contribution in [-0.2, 0) is 23.6 Å². The Bertz CT molecular complexity index is 806. The van der Waals surface area contributed by atoms with Gasteiger partial charge >= 0.3 is 0 Å². The SMILES string of the molecule is CN1CCC(N(Cc2cccn2C)S(=O)(=O)c2ccc(N)cc2)CC1. The van der Waals surface area contributed by atoms with E-state index in [1.807, 2.05) is 29.9 Å². The lowest BCUT2D eigenvalue weighted by molar-refractivity contribution is 0.177. The minimum absolute atomic E-state index is 0.00801. The second-order valence-electron chi connectivity index (χ2n) is 6.76. The average Bonchev–Trinajstić information content (AvgIpc) is 2.99. The number of nitrogens with two attached hydrogens (primary N) is 1. The minimum Gasteiger partial charge on any atom is -0.399 e. The molecule has 1 aliphatic heterocycles. The monoisotopic (exact) mass is 362 g/mol. The first-order chi connectivity index (χ1) is 11.9. The van der Waals surface area contributed by atoms with Gasteiger partial charge in [-0.2, -0.15) is 4.31 Å². The molecular weight excluding hydrogens is 336 g/mol. The zero-order valence-corrected chi connectivity index (χ0v) is 15.6. The van der Waals surface area contributed by atoms with Gasteiger partial charge in [0.25, 0.3) is 0 Å². The Morgan fingerprint density at radius 3 is 2.32 bits per heavy atom. The van der Waals surface area contributed by atoms with Crippen molar-refractivity contribution in [3.63, 3.8) is 0 Å². The zero-order chi connectivity index (χ0) is 18.0. The molecule has 0 aliphatic carbocycles. The van der Waals surface area contributed by atoms with Crippen molar-refractivity contribution in [1.82, 2.24) is 13.8 Å². The lowest BCUT2D eigenvalue weighted by Crippen LogP contribution is -2.46. The van der Waals surface area contributed by atoms with E-state index in [-0.39, 0.29) is 6.04 Å². The topological polar surface area (TPSA) is 71.6 Å². The van der Waals surface area contributed by atoms with Crippen molar-refractivity contribution in [2.75, 3.05) is 25.9 Å². The fourth-order valence-electron chi connectivity index (χ4n) is 3.29. The summed E-state index contributed by atoms with van der Waals surface area (Å²) in [5.74, 6) is 0. The summed E-state index contributed by atoms with van der Waals surface area (Å²) < 4.78 is 30.3. The van der Waals surface area contributed by atoms with Gasteiger partial charge < -0.3 is 15.2 Å². The smallest absolute Gasteiger partial charge is 0.243 e. The quantitative estimate of drug-likeness (QED) is 0.825. The minimum atomic E-state index is -3.58. The maximum Gasteiger partial charge on any atom is 0.243 e. The van der Waals surface area contributed by atoms with Crippen molar-refractivity contribution in [3.8, 4) is 0 Å². The van der Waals surface area contributed by atoms with Crippen molar-refractivity contribution in [2.24, 2.45) is 7.05 Å². The fraction of sp³-hybridized carbons (Fsp3) is 0.444. The highest BCUT2D eigenvalue weighted by atomic mass is 32.2. The molecule has 7 heteroatoms. The number of hydrogen-bond donors (Lipinski definition) is 1. The van der Waals surface area contributed by atoms with Crippen LogP contribution in [0.15, 0.2) is 47.5 Å². The lowest BCUT2D eigenvalue weighted by Gasteiger charge is -2.36. The molecule has 0 saturated carbocycles. The Balaban J connectivity index is 1.94.